The molecule has 0 atom stereocenters. The van der Waals surface area contributed by atoms with Gasteiger partial charge in [-0.05, 0) is 108 Å². The summed E-state index contributed by atoms with van der Waals surface area (Å²) < 4.78 is 6.23. The lowest BCUT2D eigenvalue weighted by molar-refractivity contribution is 0.477. The van der Waals surface area contributed by atoms with Crippen molar-refractivity contribution in [2.75, 3.05) is 0 Å². The molecule has 9 aromatic carbocycles. The fourth-order valence-corrected chi connectivity index (χ4v) is 7.54. The van der Waals surface area contributed by atoms with Crippen LogP contribution in [0.5, 0.6) is 5.75 Å². The van der Waals surface area contributed by atoms with Crippen LogP contribution in [-0.4, -0.2) is 5.11 Å². The third-order valence-corrected chi connectivity index (χ3v) is 10.4. The van der Waals surface area contributed by atoms with E-state index in [1.54, 1.807) is 6.07 Å². The third-order valence-electron chi connectivity index (χ3n) is 10.4. The highest BCUT2D eigenvalue weighted by molar-refractivity contribution is 6.08. The number of hydrogen-bond donors (Lipinski definition) is 1. The van der Waals surface area contributed by atoms with Crippen molar-refractivity contribution in [1.29, 1.82) is 0 Å². The maximum Gasteiger partial charge on any atom is 0.139 e. The first-order valence-electron chi connectivity index (χ1n) is 17.6. The van der Waals surface area contributed by atoms with Crippen molar-refractivity contribution in [2.45, 2.75) is 0 Å². The summed E-state index contributed by atoms with van der Waals surface area (Å²) in [5, 5.41) is 18.2. The smallest absolute Gasteiger partial charge is 0.139 e. The van der Waals surface area contributed by atoms with Gasteiger partial charge in [0.1, 0.15) is 16.9 Å². The van der Waals surface area contributed by atoms with Crippen molar-refractivity contribution in [3.8, 4) is 61.4 Å². The quantitative estimate of drug-likeness (QED) is 0.199. The molecule has 52 heavy (non-hydrogen) atoms. The highest BCUT2D eigenvalue weighted by Crippen LogP contribution is 2.40. The Kier molecular flexibility index (Phi) is 7.00. The Morgan fingerprint density at radius 3 is 1.31 bits per heavy atom. The zero-order valence-corrected chi connectivity index (χ0v) is 28.3. The van der Waals surface area contributed by atoms with Crippen molar-refractivity contribution in [3.05, 3.63) is 188 Å². The average molecular weight is 665 g/mol. The van der Waals surface area contributed by atoms with Crippen molar-refractivity contribution < 1.29 is 9.52 Å². The first-order valence-corrected chi connectivity index (χ1v) is 17.6. The molecule has 1 N–H and O–H groups in total. The second-order valence-electron chi connectivity index (χ2n) is 13.5. The molecule has 0 unspecified atom stereocenters. The van der Waals surface area contributed by atoms with Gasteiger partial charge in [-0.3, -0.25) is 0 Å². The van der Waals surface area contributed by atoms with E-state index in [2.05, 4.69) is 176 Å². The molecule has 2 nitrogen and oxygen atoms in total. The van der Waals surface area contributed by atoms with Gasteiger partial charge in [-0.15, -0.1) is 0 Å². The minimum Gasteiger partial charge on any atom is -0.507 e. The van der Waals surface area contributed by atoms with Gasteiger partial charge in [0, 0.05) is 22.4 Å². The predicted molar refractivity (Wildman–Crippen MR) is 218 cm³/mol. The summed E-state index contributed by atoms with van der Waals surface area (Å²) in [5.74, 6) is 0.194. The zero-order chi connectivity index (χ0) is 34.6. The molecule has 0 bridgehead atoms. The summed E-state index contributed by atoms with van der Waals surface area (Å²) in [5.41, 5.74) is 12.4. The summed E-state index contributed by atoms with van der Waals surface area (Å²) in [6, 6.07) is 66.1. The van der Waals surface area contributed by atoms with E-state index < -0.39 is 0 Å². The summed E-state index contributed by atoms with van der Waals surface area (Å²) in [6.45, 7) is 0. The topological polar surface area (TPSA) is 33.4 Å². The molecule has 0 spiro atoms. The normalized spacial score (nSPS) is 11.5. The molecule has 0 saturated carbocycles. The van der Waals surface area contributed by atoms with Crippen molar-refractivity contribution >= 4 is 43.5 Å². The Bertz CT molecular complexity index is 2950. The second kappa shape index (κ2) is 12.2. The maximum atomic E-state index is 11.2. The molecular formula is C50H32O2. The molecule has 0 aliphatic heterocycles. The molecule has 10 aromatic rings. The molecule has 0 aliphatic carbocycles. The fourth-order valence-electron chi connectivity index (χ4n) is 7.54. The van der Waals surface area contributed by atoms with Crippen LogP contribution in [0.3, 0.4) is 0 Å². The molecule has 0 saturated heterocycles. The van der Waals surface area contributed by atoms with Gasteiger partial charge in [-0.1, -0.05) is 146 Å². The van der Waals surface area contributed by atoms with Gasteiger partial charge in [-0.25, -0.2) is 0 Å². The minimum atomic E-state index is 0.194. The van der Waals surface area contributed by atoms with E-state index in [0.717, 1.165) is 49.7 Å². The highest BCUT2D eigenvalue weighted by atomic mass is 16.3. The van der Waals surface area contributed by atoms with Gasteiger partial charge in [-0.2, -0.15) is 0 Å². The summed E-state index contributed by atoms with van der Waals surface area (Å²) in [6.07, 6.45) is 0. The number of phenols is 1. The summed E-state index contributed by atoms with van der Waals surface area (Å²) in [7, 11) is 0. The fraction of sp³-hybridized carbons (Fsp3) is 0. The van der Waals surface area contributed by atoms with Crippen LogP contribution < -0.4 is 0 Å². The molecule has 10 rings (SSSR count). The van der Waals surface area contributed by atoms with Gasteiger partial charge in [0.15, 0.2) is 0 Å². The third kappa shape index (κ3) is 5.30. The van der Waals surface area contributed by atoms with Crippen molar-refractivity contribution in [3.63, 3.8) is 0 Å². The van der Waals surface area contributed by atoms with E-state index in [1.807, 2.05) is 6.07 Å². The number of hydrogen-bond acceptors (Lipinski definition) is 2. The molecule has 0 aliphatic rings. The second-order valence-corrected chi connectivity index (χ2v) is 13.5. The van der Waals surface area contributed by atoms with Crippen LogP contribution in [0.1, 0.15) is 0 Å². The number of benzene rings is 9. The molecule has 0 amide bonds. The van der Waals surface area contributed by atoms with Crippen LogP contribution in [0.15, 0.2) is 192 Å². The number of rotatable bonds is 5. The van der Waals surface area contributed by atoms with E-state index >= 15 is 0 Å². The van der Waals surface area contributed by atoms with Crippen molar-refractivity contribution in [1.82, 2.24) is 0 Å². The number of fused-ring (bicyclic) bond motifs is 5. The summed E-state index contributed by atoms with van der Waals surface area (Å²) in [4.78, 5) is 0. The number of aromatic hydroxyl groups is 1. The molecule has 244 valence electrons. The number of furan rings is 1. The highest BCUT2D eigenvalue weighted by Gasteiger charge is 2.15. The average Bonchev–Trinajstić information content (AvgIpc) is 3.56. The van der Waals surface area contributed by atoms with Crippen LogP contribution in [0.2, 0.25) is 0 Å². The molecule has 0 fully saturated rings. The maximum absolute atomic E-state index is 11.2. The first kappa shape index (κ1) is 30.0. The lowest BCUT2D eigenvalue weighted by atomic mass is 9.95. The molecule has 2 heteroatoms. The van der Waals surface area contributed by atoms with Gasteiger partial charge >= 0.3 is 0 Å². The SMILES string of the molecule is Oc1cc2oc3ccc(-c4ccc(-c5ccc6ccccc6c5)cc4)cc3c2cc1-c1cccc(-c2ccc(-c3ccc4ccccc4c3)cc2)c1. The van der Waals surface area contributed by atoms with Crippen LogP contribution in [-0.2, 0) is 0 Å². The summed E-state index contributed by atoms with van der Waals surface area (Å²) >= 11 is 0. The largest absolute Gasteiger partial charge is 0.507 e. The van der Waals surface area contributed by atoms with Gasteiger partial charge in [0.2, 0.25) is 0 Å². The van der Waals surface area contributed by atoms with Crippen LogP contribution in [0.25, 0.3) is 99.1 Å². The molecular weight excluding hydrogens is 633 g/mol. The zero-order valence-electron chi connectivity index (χ0n) is 28.3. The lowest BCUT2D eigenvalue weighted by Gasteiger charge is -2.10. The Morgan fingerprint density at radius 2 is 0.731 bits per heavy atom. The Morgan fingerprint density at radius 1 is 0.288 bits per heavy atom. The van der Waals surface area contributed by atoms with Gasteiger partial charge in [0.25, 0.3) is 0 Å². The first-order chi connectivity index (χ1) is 25.6. The predicted octanol–water partition coefficient (Wildman–Crippen LogP) is 13.9. The molecule has 1 heterocycles. The Labute approximate surface area is 301 Å². The Balaban J connectivity index is 0.963. The van der Waals surface area contributed by atoms with E-state index in [4.69, 9.17) is 4.42 Å². The van der Waals surface area contributed by atoms with E-state index in [-0.39, 0.29) is 5.75 Å². The van der Waals surface area contributed by atoms with E-state index in [9.17, 15) is 5.11 Å². The van der Waals surface area contributed by atoms with Gasteiger partial charge in [0.05, 0.1) is 0 Å². The van der Waals surface area contributed by atoms with Crippen LogP contribution in [0, 0.1) is 0 Å². The molecule has 1 aromatic heterocycles. The van der Waals surface area contributed by atoms with E-state index in [1.165, 1.54) is 43.8 Å². The standard InChI is InChI=1S/C50H32O2/c51-48-31-50-47(46-29-43(24-25-49(46)52-50)37-18-16-36(17-19-37)42-23-21-33-7-2-4-9-39(33)27-42)30-45(48)44-11-5-10-40(28-44)34-12-14-35(15-13-34)41-22-20-32-6-1-3-8-38(32)26-41/h1-31,51H. The monoisotopic (exact) mass is 664 g/mol. The minimum absolute atomic E-state index is 0.194. The van der Waals surface area contributed by atoms with Crippen LogP contribution >= 0.6 is 0 Å². The van der Waals surface area contributed by atoms with Gasteiger partial charge < -0.3 is 9.52 Å². The van der Waals surface area contributed by atoms with E-state index in [0.29, 0.717) is 5.58 Å². The molecule has 0 radical (unpaired) electrons. The Hall–Kier alpha value is -6.90. The van der Waals surface area contributed by atoms with Crippen molar-refractivity contribution in [2.24, 2.45) is 0 Å². The number of phenolic OH excluding ortho intramolecular Hbond substituents is 1. The lowest BCUT2D eigenvalue weighted by Crippen LogP contribution is -1.84. The van der Waals surface area contributed by atoms with Crippen LogP contribution in [0.4, 0.5) is 0 Å².